The third-order valence-electron chi connectivity index (χ3n) is 3.02. The quantitative estimate of drug-likeness (QED) is 0.873. The first-order valence-electron chi connectivity index (χ1n) is 5.47. The van der Waals surface area contributed by atoms with Gasteiger partial charge in [-0.15, -0.1) is 0 Å². The summed E-state index contributed by atoms with van der Waals surface area (Å²) in [5, 5.41) is 3.09. The van der Waals surface area contributed by atoms with Crippen LogP contribution >= 0.6 is 0 Å². The van der Waals surface area contributed by atoms with Crippen molar-refractivity contribution < 1.29 is 18.3 Å². The molecule has 0 bridgehead atoms. The number of nitrogens with one attached hydrogen (secondary N) is 1. The molecule has 1 aliphatic carbocycles. The number of likely N-dealkylation sites (N-methyl/N-ethyl adjacent to an activating group) is 1. The molecule has 0 heterocycles. The predicted molar refractivity (Wildman–Crippen MR) is 59.0 cm³/mol. The molecule has 1 saturated carbocycles. The molecule has 5 heteroatoms. The summed E-state index contributed by atoms with van der Waals surface area (Å²) in [7, 11) is 3.44. The lowest BCUT2D eigenvalue weighted by Gasteiger charge is -2.42. The number of halogens is 2. The minimum absolute atomic E-state index is 0.0914. The van der Waals surface area contributed by atoms with Gasteiger partial charge in [-0.25, -0.2) is 8.78 Å². The molecule has 0 aliphatic heterocycles. The fourth-order valence-corrected chi connectivity index (χ4v) is 2.07. The molecule has 0 amide bonds. The average Bonchev–Trinajstić information content (AvgIpc) is 2.22. The molecule has 1 N–H and O–H groups in total. The van der Waals surface area contributed by atoms with Crippen molar-refractivity contribution in [3.05, 3.63) is 29.8 Å². The molecule has 0 spiro atoms. The number of hydrogen-bond acceptors (Lipinski definition) is 3. The van der Waals surface area contributed by atoms with E-state index in [1.807, 2.05) is 7.05 Å². The van der Waals surface area contributed by atoms with Crippen LogP contribution in [0.2, 0.25) is 0 Å². The van der Waals surface area contributed by atoms with Crippen molar-refractivity contribution in [2.75, 3.05) is 14.2 Å². The van der Waals surface area contributed by atoms with E-state index in [-0.39, 0.29) is 24.0 Å². The number of ether oxygens (including phenoxy) is 2. The van der Waals surface area contributed by atoms with Crippen LogP contribution in [0.4, 0.5) is 8.78 Å². The molecule has 3 nitrogen and oxygen atoms in total. The zero-order valence-corrected chi connectivity index (χ0v) is 9.74. The highest BCUT2D eigenvalue weighted by molar-refractivity contribution is 5.24. The van der Waals surface area contributed by atoms with E-state index in [9.17, 15) is 8.78 Å². The van der Waals surface area contributed by atoms with Gasteiger partial charge in [0.05, 0.1) is 0 Å². The number of hydrogen-bond donors (Lipinski definition) is 1. The lowest BCUT2D eigenvalue weighted by Crippen LogP contribution is -2.60. The molecule has 17 heavy (non-hydrogen) atoms. The van der Waals surface area contributed by atoms with Gasteiger partial charge in [-0.3, -0.25) is 0 Å². The van der Waals surface area contributed by atoms with Gasteiger partial charge in [0.15, 0.2) is 0 Å². The largest absolute Gasteiger partial charge is 0.487 e. The van der Waals surface area contributed by atoms with Crippen LogP contribution in [0.3, 0.4) is 0 Å². The molecule has 94 valence electrons. The van der Waals surface area contributed by atoms with Crippen LogP contribution in [-0.2, 0) is 4.74 Å². The van der Waals surface area contributed by atoms with Crippen molar-refractivity contribution in [2.45, 2.75) is 24.7 Å². The molecule has 0 aromatic heterocycles. The zero-order chi connectivity index (χ0) is 12.4. The molecule has 0 saturated heterocycles. The van der Waals surface area contributed by atoms with Crippen molar-refractivity contribution in [1.29, 1.82) is 0 Å². The Kier molecular flexibility index (Phi) is 3.59. The number of methoxy groups -OCH3 is 1. The Balaban J connectivity index is 2.02. The number of benzene rings is 1. The highest BCUT2D eigenvalue weighted by atomic mass is 19.1. The van der Waals surface area contributed by atoms with Crippen molar-refractivity contribution in [3.63, 3.8) is 0 Å². The Hall–Kier alpha value is -1.20. The first-order valence-corrected chi connectivity index (χ1v) is 5.47. The Labute approximate surface area is 98.7 Å². The lowest BCUT2D eigenvalue weighted by atomic mass is 9.85. The molecule has 3 atom stereocenters. The first-order chi connectivity index (χ1) is 8.13. The van der Waals surface area contributed by atoms with Gasteiger partial charge in [0, 0.05) is 37.8 Å². The van der Waals surface area contributed by atoms with Gasteiger partial charge in [-0.2, -0.15) is 0 Å². The van der Waals surface area contributed by atoms with Gasteiger partial charge >= 0.3 is 0 Å². The first kappa shape index (κ1) is 12.3. The van der Waals surface area contributed by atoms with E-state index in [4.69, 9.17) is 9.47 Å². The van der Waals surface area contributed by atoms with E-state index < -0.39 is 11.6 Å². The molecule has 0 radical (unpaired) electrons. The van der Waals surface area contributed by atoms with Crippen LogP contribution in [0.1, 0.15) is 6.42 Å². The fraction of sp³-hybridized carbons (Fsp3) is 0.500. The Morgan fingerprint density at radius 3 is 2.41 bits per heavy atom. The maximum Gasteiger partial charge on any atom is 0.129 e. The topological polar surface area (TPSA) is 30.5 Å². The molecule has 1 aliphatic rings. The molecular formula is C12H15F2NO2. The van der Waals surface area contributed by atoms with E-state index in [0.29, 0.717) is 0 Å². The van der Waals surface area contributed by atoms with Crippen LogP contribution in [0.15, 0.2) is 18.2 Å². The van der Waals surface area contributed by atoms with E-state index in [1.165, 1.54) is 12.1 Å². The van der Waals surface area contributed by atoms with Gasteiger partial charge in [0.25, 0.3) is 0 Å². The maximum absolute atomic E-state index is 13.0. The van der Waals surface area contributed by atoms with E-state index in [0.717, 1.165) is 12.5 Å². The van der Waals surface area contributed by atoms with Gasteiger partial charge < -0.3 is 14.8 Å². The lowest BCUT2D eigenvalue weighted by molar-refractivity contribution is -0.0871. The Morgan fingerprint density at radius 2 is 1.88 bits per heavy atom. The molecule has 1 fully saturated rings. The predicted octanol–water partition coefficient (Wildman–Crippen LogP) is 1.72. The fourth-order valence-electron chi connectivity index (χ4n) is 2.07. The number of rotatable bonds is 4. The van der Waals surface area contributed by atoms with Gasteiger partial charge in [0.1, 0.15) is 29.6 Å². The summed E-state index contributed by atoms with van der Waals surface area (Å²) in [4.78, 5) is 0. The average molecular weight is 243 g/mol. The highest BCUT2D eigenvalue weighted by Gasteiger charge is 2.42. The minimum Gasteiger partial charge on any atom is -0.487 e. The summed E-state index contributed by atoms with van der Waals surface area (Å²) in [6.07, 6.45) is 0.498. The van der Waals surface area contributed by atoms with E-state index in [2.05, 4.69) is 5.32 Å². The third-order valence-corrected chi connectivity index (χ3v) is 3.02. The van der Waals surface area contributed by atoms with Crippen LogP contribution in [0.25, 0.3) is 0 Å². The second-order valence-electron chi connectivity index (χ2n) is 4.09. The van der Waals surface area contributed by atoms with Crippen molar-refractivity contribution in [3.8, 4) is 5.75 Å². The summed E-state index contributed by atoms with van der Waals surface area (Å²) in [6.45, 7) is 0. The zero-order valence-electron chi connectivity index (χ0n) is 9.74. The van der Waals surface area contributed by atoms with Gasteiger partial charge in [-0.1, -0.05) is 0 Å². The normalized spacial score (nSPS) is 27.6. The molecular weight excluding hydrogens is 228 g/mol. The van der Waals surface area contributed by atoms with E-state index in [1.54, 1.807) is 7.11 Å². The van der Waals surface area contributed by atoms with Crippen LogP contribution < -0.4 is 10.1 Å². The van der Waals surface area contributed by atoms with E-state index >= 15 is 0 Å². The Morgan fingerprint density at radius 1 is 1.24 bits per heavy atom. The molecule has 1 aromatic carbocycles. The summed E-state index contributed by atoms with van der Waals surface area (Å²) in [5.41, 5.74) is 0. The molecule has 3 unspecified atom stereocenters. The SMILES string of the molecule is CNC1CC(Oc2cc(F)cc(F)c2)C1OC. The van der Waals surface area contributed by atoms with Gasteiger partial charge in [-0.05, 0) is 7.05 Å². The highest BCUT2D eigenvalue weighted by Crippen LogP contribution is 2.29. The summed E-state index contributed by atoms with van der Waals surface area (Å²) in [5.74, 6) is -1.08. The van der Waals surface area contributed by atoms with Gasteiger partial charge in [0.2, 0.25) is 0 Å². The van der Waals surface area contributed by atoms with Crippen molar-refractivity contribution in [2.24, 2.45) is 0 Å². The third kappa shape index (κ3) is 2.56. The standard InChI is InChI=1S/C12H15F2NO2/c1-15-10-6-11(12(10)16-2)17-9-4-7(13)3-8(14)5-9/h3-5,10-12,15H,6H2,1-2H3. The van der Waals surface area contributed by atoms with Crippen molar-refractivity contribution in [1.82, 2.24) is 5.32 Å². The second kappa shape index (κ2) is 4.98. The van der Waals surface area contributed by atoms with Crippen molar-refractivity contribution >= 4 is 0 Å². The van der Waals surface area contributed by atoms with Crippen LogP contribution in [0.5, 0.6) is 5.75 Å². The van der Waals surface area contributed by atoms with Crippen LogP contribution in [-0.4, -0.2) is 32.4 Å². The second-order valence-corrected chi connectivity index (χ2v) is 4.09. The molecule has 1 aromatic rings. The Bertz CT molecular complexity index is 380. The maximum atomic E-state index is 13.0. The minimum atomic E-state index is -0.640. The summed E-state index contributed by atoms with van der Waals surface area (Å²) >= 11 is 0. The smallest absolute Gasteiger partial charge is 0.129 e. The monoisotopic (exact) mass is 243 g/mol. The molecule has 2 rings (SSSR count). The van der Waals surface area contributed by atoms with Crippen LogP contribution in [0, 0.1) is 11.6 Å². The summed E-state index contributed by atoms with van der Waals surface area (Å²) in [6, 6.07) is 3.38. The summed E-state index contributed by atoms with van der Waals surface area (Å²) < 4.78 is 36.7.